The SMILES string of the molecule is CNCCCc1cn(S(=O)(=O)c2ccccc2)c2ncnc(Nc3cc(CN(C)CC(=O)O)c(OC)c(OC)c3)c12.Cl.Cl. The minimum atomic E-state index is -3.92. The standard InChI is InChI=1S/C28H34N6O6S.2ClH/c1-29-12-8-9-19-16-34(41(37,38)22-10-6-5-7-11-22)28-25(19)27(30-18-31-28)32-21-13-20(15-33(2)17-24(35)36)26(40-4)23(14-21)39-3;;/h5-7,10-11,13-14,16,18,29H,8-9,12,15,17H2,1-4H3,(H,35,36)(H,30,31,32);2*1H. The molecule has 0 fully saturated rings. The monoisotopic (exact) mass is 654 g/mol. The molecule has 0 radical (unpaired) electrons. The molecule has 12 nitrogen and oxygen atoms in total. The van der Waals surface area contributed by atoms with Crippen molar-refractivity contribution in [3.63, 3.8) is 0 Å². The maximum Gasteiger partial charge on any atom is 0.317 e. The molecule has 3 N–H and O–H groups in total. The number of ether oxygens (including phenoxy) is 2. The number of anilines is 2. The van der Waals surface area contributed by atoms with Crippen molar-refractivity contribution in [2.24, 2.45) is 0 Å². The Balaban J connectivity index is 0.00000323. The second-order valence-electron chi connectivity index (χ2n) is 9.46. The van der Waals surface area contributed by atoms with E-state index in [-0.39, 0.29) is 48.4 Å². The number of hydrogen-bond acceptors (Lipinski definition) is 10. The van der Waals surface area contributed by atoms with Crippen molar-refractivity contribution in [2.45, 2.75) is 24.3 Å². The first kappa shape index (κ1) is 35.6. The maximum atomic E-state index is 13.6. The Morgan fingerprint density at radius 3 is 2.42 bits per heavy atom. The Morgan fingerprint density at radius 2 is 1.79 bits per heavy atom. The molecule has 2 heterocycles. The summed E-state index contributed by atoms with van der Waals surface area (Å²) in [5.74, 6) is 0.404. The van der Waals surface area contributed by atoms with E-state index in [0.717, 1.165) is 18.5 Å². The first-order valence-electron chi connectivity index (χ1n) is 12.9. The lowest BCUT2D eigenvalue weighted by atomic mass is 10.1. The quantitative estimate of drug-likeness (QED) is 0.170. The molecule has 0 aliphatic carbocycles. The van der Waals surface area contributed by atoms with Gasteiger partial charge in [0.15, 0.2) is 17.1 Å². The Labute approximate surface area is 263 Å². The molecule has 0 atom stereocenters. The number of nitrogens with one attached hydrogen (secondary N) is 2. The average Bonchev–Trinajstić information content (AvgIpc) is 3.33. The van der Waals surface area contributed by atoms with E-state index in [4.69, 9.17) is 9.47 Å². The van der Waals surface area contributed by atoms with E-state index in [9.17, 15) is 18.3 Å². The second kappa shape index (κ2) is 15.7. The normalized spacial score (nSPS) is 11.1. The van der Waals surface area contributed by atoms with E-state index in [1.54, 1.807) is 54.5 Å². The van der Waals surface area contributed by atoms with Crippen LogP contribution in [-0.2, 0) is 27.8 Å². The first-order valence-corrected chi connectivity index (χ1v) is 14.4. The summed E-state index contributed by atoms with van der Waals surface area (Å²) in [6.45, 7) is 0.869. The van der Waals surface area contributed by atoms with Crippen LogP contribution in [0.2, 0.25) is 0 Å². The first-order chi connectivity index (χ1) is 19.7. The van der Waals surface area contributed by atoms with Gasteiger partial charge in [-0.25, -0.2) is 22.4 Å². The molecule has 4 aromatic rings. The van der Waals surface area contributed by atoms with Crippen molar-refractivity contribution in [3.05, 3.63) is 66.1 Å². The van der Waals surface area contributed by atoms with Crippen LogP contribution in [-0.4, -0.2) is 79.7 Å². The van der Waals surface area contributed by atoms with Crippen LogP contribution in [0, 0.1) is 0 Å². The van der Waals surface area contributed by atoms with Crippen LogP contribution in [0.1, 0.15) is 17.5 Å². The van der Waals surface area contributed by atoms with E-state index in [0.29, 0.717) is 40.4 Å². The Hall–Kier alpha value is -3.62. The van der Waals surface area contributed by atoms with Gasteiger partial charge in [0.05, 0.1) is 31.0 Å². The maximum absolute atomic E-state index is 13.6. The molecule has 15 heteroatoms. The number of nitrogens with zero attached hydrogens (tertiary/aromatic N) is 4. The van der Waals surface area contributed by atoms with Crippen molar-refractivity contribution in [1.29, 1.82) is 0 Å². The minimum absolute atomic E-state index is 0. The topological polar surface area (TPSA) is 148 Å². The number of hydrogen-bond donors (Lipinski definition) is 3. The molecule has 0 saturated heterocycles. The molecule has 2 aromatic carbocycles. The van der Waals surface area contributed by atoms with E-state index in [1.807, 2.05) is 13.1 Å². The van der Waals surface area contributed by atoms with Crippen LogP contribution in [0.25, 0.3) is 11.0 Å². The third-order valence-electron chi connectivity index (χ3n) is 6.47. The number of fused-ring (bicyclic) bond motifs is 1. The van der Waals surface area contributed by atoms with Gasteiger partial charge in [0.25, 0.3) is 10.0 Å². The summed E-state index contributed by atoms with van der Waals surface area (Å²) in [5, 5.41) is 16.2. The lowest BCUT2D eigenvalue weighted by Crippen LogP contribution is -2.25. The number of halogens is 2. The van der Waals surface area contributed by atoms with Crippen molar-refractivity contribution in [2.75, 3.05) is 46.7 Å². The molecule has 0 aliphatic rings. The van der Waals surface area contributed by atoms with E-state index in [1.165, 1.54) is 24.5 Å². The Morgan fingerprint density at radius 1 is 1.07 bits per heavy atom. The fourth-order valence-corrected chi connectivity index (χ4v) is 6.04. The van der Waals surface area contributed by atoms with Crippen molar-refractivity contribution in [3.8, 4) is 11.5 Å². The summed E-state index contributed by atoms with van der Waals surface area (Å²) in [4.78, 5) is 21.9. The van der Waals surface area contributed by atoms with Gasteiger partial charge >= 0.3 is 5.97 Å². The van der Waals surface area contributed by atoms with Crippen LogP contribution in [0.5, 0.6) is 11.5 Å². The number of aliphatic carboxylic acids is 1. The van der Waals surface area contributed by atoms with Crippen molar-refractivity contribution in [1.82, 2.24) is 24.2 Å². The lowest BCUT2D eigenvalue weighted by molar-refractivity contribution is -0.138. The number of carboxylic acids is 1. The van der Waals surface area contributed by atoms with Crippen molar-refractivity contribution >= 4 is 63.3 Å². The van der Waals surface area contributed by atoms with Crippen LogP contribution in [0.15, 0.2) is 59.9 Å². The van der Waals surface area contributed by atoms with Crippen LogP contribution < -0.4 is 20.1 Å². The number of aryl methyl sites for hydroxylation is 1. The fraction of sp³-hybridized carbons (Fsp3) is 0.321. The number of carbonyl (C=O) groups is 1. The number of carboxylic acid groups (broad SMARTS) is 1. The minimum Gasteiger partial charge on any atom is -0.493 e. The molecular weight excluding hydrogens is 619 g/mol. The van der Waals surface area contributed by atoms with E-state index >= 15 is 0 Å². The van der Waals surface area contributed by atoms with Gasteiger partial charge in [-0.15, -0.1) is 24.8 Å². The van der Waals surface area contributed by atoms with Crippen LogP contribution >= 0.6 is 24.8 Å². The van der Waals surface area contributed by atoms with Gasteiger partial charge in [0, 0.05) is 30.1 Å². The second-order valence-corrected chi connectivity index (χ2v) is 11.3. The summed E-state index contributed by atoms with van der Waals surface area (Å²) >= 11 is 0. The number of aromatic nitrogens is 3. The number of benzene rings is 2. The average molecular weight is 656 g/mol. The molecule has 0 aliphatic heterocycles. The molecule has 0 amide bonds. The molecule has 234 valence electrons. The molecule has 4 rings (SSSR count). The smallest absolute Gasteiger partial charge is 0.317 e. The Bertz CT molecular complexity index is 1640. The molecule has 0 bridgehead atoms. The van der Waals surface area contributed by atoms with Gasteiger partial charge in [0.1, 0.15) is 12.1 Å². The zero-order chi connectivity index (χ0) is 29.6. The molecule has 43 heavy (non-hydrogen) atoms. The Kier molecular flexibility index (Phi) is 13.0. The fourth-order valence-electron chi connectivity index (χ4n) is 4.68. The third kappa shape index (κ3) is 8.06. The summed E-state index contributed by atoms with van der Waals surface area (Å²) in [7, 11) is 2.68. The van der Waals surface area contributed by atoms with E-state index in [2.05, 4.69) is 20.6 Å². The highest BCUT2D eigenvalue weighted by atomic mass is 35.5. The predicted molar refractivity (Wildman–Crippen MR) is 170 cm³/mol. The zero-order valence-electron chi connectivity index (χ0n) is 24.2. The number of methoxy groups -OCH3 is 2. The molecule has 0 saturated carbocycles. The van der Waals surface area contributed by atoms with Crippen LogP contribution in [0.4, 0.5) is 11.5 Å². The highest BCUT2D eigenvalue weighted by Gasteiger charge is 2.24. The van der Waals surface area contributed by atoms with E-state index < -0.39 is 16.0 Å². The van der Waals surface area contributed by atoms with Gasteiger partial charge in [0.2, 0.25) is 0 Å². The summed E-state index contributed by atoms with van der Waals surface area (Å²) < 4.78 is 39.6. The highest BCUT2D eigenvalue weighted by molar-refractivity contribution is 7.90. The van der Waals surface area contributed by atoms with Gasteiger partial charge in [-0.3, -0.25) is 9.69 Å². The summed E-state index contributed by atoms with van der Waals surface area (Å²) in [6, 6.07) is 11.8. The molecule has 0 spiro atoms. The summed E-state index contributed by atoms with van der Waals surface area (Å²) in [6.07, 6.45) is 4.30. The van der Waals surface area contributed by atoms with Crippen LogP contribution in [0.3, 0.4) is 0 Å². The predicted octanol–water partition coefficient (Wildman–Crippen LogP) is 3.94. The van der Waals surface area contributed by atoms with Gasteiger partial charge in [-0.1, -0.05) is 18.2 Å². The molecular formula is C28H36Cl2N6O6S. The zero-order valence-corrected chi connectivity index (χ0v) is 26.7. The molecule has 2 aromatic heterocycles. The summed E-state index contributed by atoms with van der Waals surface area (Å²) in [5.41, 5.74) is 2.33. The molecule has 0 unspecified atom stereocenters. The lowest BCUT2D eigenvalue weighted by Gasteiger charge is -2.20. The third-order valence-corrected chi connectivity index (χ3v) is 8.13. The number of rotatable bonds is 14. The largest absolute Gasteiger partial charge is 0.493 e. The van der Waals surface area contributed by atoms with Crippen molar-refractivity contribution < 1.29 is 27.8 Å². The highest BCUT2D eigenvalue weighted by Crippen LogP contribution is 2.38. The number of likely N-dealkylation sites (N-methyl/N-ethyl adjacent to an activating group) is 1. The van der Waals surface area contributed by atoms with Gasteiger partial charge < -0.3 is 25.2 Å². The van der Waals surface area contributed by atoms with Gasteiger partial charge in [-0.05, 0) is 57.2 Å². The van der Waals surface area contributed by atoms with Gasteiger partial charge in [-0.2, -0.15) is 0 Å².